The molecule has 0 radical (unpaired) electrons. The van der Waals surface area contributed by atoms with Crippen LogP contribution in [0.2, 0.25) is 0 Å². The lowest BCUT2D eigenvalue weighted by Gasteiger charge is -2.31. The van der Waals surface area contributed by atoms with Crippen LogP contribution in [0.4, 0.5) is 0 Å². The molecule has 0 amide bonds. The van der Waals surface area contributed by atoms with Crippen molar-refractivity contribution in [3.63, 3.8) is 0 Å². The van der Waals surface area contributed by atoms with Gasteiger partial charge in [0.05, 0.1) is 0 Å². The zero-order chi connectivity index (χ0) is 21.5. The summed E-state index contributed by atoms with van der Waals surface area (Å²) in [6.07, 6.45) is 2.05. The van der Waals surface area contributed by atoms with Gasteiger partial charge in [-0.2, -0.15) is 0 Å². The van der Waals surface area contributed by atoms with Crippen LogP contribution in [0.1, 0.15) is 111 Å². The van der Waals surface area contributed by atoms with E-state index in [1.165, 1.54) is 16.7 Å². The van der Waals surface area contributed by atoms with Crippen LogP contribution >= 0.6 is 0 Å². The first kappa shape index (κ1) is 22.6. The minimum Gasteiger partial charge on any atom is -0.424 e. The Balaban J connectivity index is 2.18. The van der Waals surface area contributed by atoms with Crippen molar-refractivity contribution in [1.29, 1.82) is 0 Å². The van der Waals surface area contributed by atoms with E-state index in [0.29, 0.717) is 5.89 Å². The molecule has 1 heterocycles. The minimum atomic E-state index is -0.145. The van der Waals surface area contributed by atoms with E-state index >= 15 is 0 Å². The number of aryl methyl sites for hydroxylation is 1. The molecule has 0 bridgehead atoms. The molecule has 3 nitrogen and oxygen atoms in total. The Kier molecular flexibility index (Phi) is 5.92. The van der Waals surface area contributed by atoms with Crippen LogP contribution in [0.15, 0.2) is 22.6 Å². The summed E-state index contributed by atoms with van der Waals surface area (Å²) >= 11 is 0. The van der Waals surface area contributed by atoms with E-state index < -0.39 is 0 Å². The third-order valence-electron chi connectivity index (χ3n) is 5.84. The van der Waals surface area contributed by atoms with Crippen molar-refractivity contribution in [2.24, 2.45) is 0 Å². The standard InChI is InChI=1S/C25H40N2O/c1-17-16-18(12-13-19(17)22(2,3)4)24(8,9)14-15-25(10,11)21-27-26-20(28-21)23(5,6)7/h12-13,16H,14-15H2,1-11H3. The van der Waals surface area contributed by atoms with E-state index in [1.54, 1.807) is 0 Å². The topological polar surface area (TPSA) is 38.9 Å². The van der Waals surface area contributed by atoms with Crippen molar-refractivity contribution >= 4 is 0 Å². The molecule has 0 atom stereocenters. The second-order valence-electron chi connectivity index (χ2n) is 11.7. The highest BCUT2D eigenvalue weighted by Crippen LogP contribution is 2.37. The largest absolute Gasteiger partial charge is 0.424 e. The van der Waals surface area contributed by atoms with Crippen molar-refractivity contribution in [2.45, 2.75) is 111 Å². The highest BCUT2D eigenvalue weighted by molar-refractivity contribution is 5.38. The Bertz CT molecular complexity index is 814. The van der Waals surface area contributed by atoms with Crippen LogP contribution < -0.4 is 0 Å². The van der Waals surface area contributed by atoms with Gasteiger partial charge in [-0.25, -0.2) is 0 Å². The first-order valence-electron chi connectivity index (χ1n) is 10.5. The molecule has 28 heavy (non-hydrogen) atoms. The Morgan fingerprint density at radius 3 is 1.71 bits per heavy atom. The van der Waals surface area contributed by atoms with Gasteiger partial charge in [-0.3, -0.25) is 0 Å². The van der Waals surface area contributed by atoms with Crippen molar-refractivity contribution in [2.75, 3.05) is 0 Å². The molecule has 0 saturated heterocycles. The Hall–Kier alpha value is -1.64. The van der Waals surface area contributed by atoms with Gasteiger partial charge >= 0.3 is 0 Å². The fraction of sp³-hybridized carbons (Fsp3) is 0.680. The van der Waals surface area contributed by atoms with Gasteiger partial charge in [0.15, 0.2) is 0 Å². The molecule has 0 spiro atoms. The van der Waals surface area contributed by atoms with Gasteiger partial charge in [-0.15, -0.1) is 10.2 Å². The lowest BCUT2D eigenvalue weighted by molar-refractivity contribution is 0.287. The summed E-state index contributed by atoms with van der Waals surface area (Å²) in [6, 6.07) is 6.99. The van der Waals surface area contributed by atoms with Crippen LogP contribution in [0, 0.1) is 6.92 Å². The molecular formula is C25H40N2O. The maximum atomic E-state index is 6.03. The third-order valence-corrected chi connectivity index (χ3v) is 5.84. The Morgan fingerprint density at radius 2 is 1.25 bits per heavy atom. The molecule has 1 aromatic heterocycles. The highest BCUT2D eigenvalue weighted by atomic mass is 16.4. The summed E-state index contributed by atoms with van der Waals surface area (Å²) in [5, 5.41) is 8.65. The zero-order valence-corrected chi connectivity index (χ0v) is 19.9. The molecule has 156 valence electrons. The van der Waals surface area contributed by atoms with E-state index in [9.17, 15) is 0 Å². The van der Waals surface area contributed by atoms with Crippen molar-refractivity contribution in [3.8, 4) is 0 Å². The van der Waals surface area contributed by atoms with E-state index in [0.717, 1.165) is 18.7 Å². The lowest BCUT2D eigenvalue weighted by Crippen LogP contribution is -2.25. The summed E-state index contributed by atoms with van der Waals surface area (Å²) in [5.41, 5.74) is 4.20. The molecule has 0 fully saturated rings. The smallest absolute Gasteiger partial charge is 0.222 e. The molecule has 2 aromatic rings. The molecule has 0 saturated carbocycles. The molecule has 0 aliphatic carbocycles. The van der Waals surface area contributed by atoms with Crippen LogP contribution in [0.25, 0.3) is 0 Å². The van der Waals surface area contributed by atoms with Crippen LogP contribution in [-0.2, 0) is 21.7 Å². The minimum absolute atomic E-state index is 0.0886. The lowest BCUT2D eigenvalue weighted by atomic mass is 9.73. The Labute approximate surface area is 172 Å². The quantitative estimate of drug-likeness (QED) is 0.556. The van der Waals surface area contributed by atoms with Gasteiger partial charge in [0.25, 0.3) is 0 Å². The SMILES string of the molecule is Cc1cc(C(C)(C)CCC(C)(C)c2nnc(C(C)(C)C)o2)ccc1C(C)(C)C. The van der Waals surface area contributed by atoms with Crippen LogP contribution in [0.5, 0.6) is 0 Å². The van der Waals surface area contributed by atoms with E-state index in [1.807, 2.05) is 0 Å². The molecule has 0 unspecified atom stereocenters. The third kappa shape index (κ3) is 5.04. The number of benzene rings is 1. The van der Waals surface area contributed by atoms with Crippen molar-refractivity contribution < 1.29 is 4.42 Å². The number of aromatic nitrogens is 2. The van der Waals surface area contributed by atoms with Gasteiger partial charge < -0.3 is 4.42 Å². The monoisotopic (exact) mass is 384 g/mol. The molecule has 2 rings (SSSR count). The van der Waals surface area contributed by atoms with Gasteiger partial charge in [0.2, 0.25) is 11.8 Å². The maximum Gasteiger partial charge on any atom is 0.222 e. The molecule has 0 N–H and O–H groups in total. The summed E-state index contributed by atoms with van der Waals surface area (Å²) in [7, 11) is 0. The molecule has 0 aliphatic rings. The second kappa shape index (κ2) is 7.31. The second-order valence-corrected chi connectivity index (χ2v) is 11.7. The summed E-state index contributed by atoms with van der Waals surface area (Å²) < 4.78 is 6.03. The average Bonchev–Trinajstić information content (AvgIpc) is 3.03. The van der Waals surface area contributed by atoms with E-state index in [4.69, 9.17) is 4.42 Å². The van der Waals surface area contributed by atoms with Gasteiger partial charge in [-0.1, -0.05) is 87.4 Å². The highest BCUT2D eigenvalue weighted by Gasteiger charge is 2.33. The number of rotatable bonds is 5. The van der Waals surface area contributed by atoms with Gasteiger partial charge in [0.1, 0.15) is 0 Å². The first-order chi connectivity index (χ1) is 12.5. The summed E-state index contributed by atoms with van der Waals surface area (Å²) in [4.78, 5) is 0. The van der Waals surface area contributed by atoms with Gasteiger partial charge in [-0.05, 0) is 47.3 Å². The van der Waals surface area contributed by atoms with Crippen LogP contribution in [-0.4, -0.2) is 10.2 Å². The number of hydrogen-bond donors (Lipinski definition) is 0. The number of nitrogens with zero attached hydrogens (tertiary/aromatic N) is 2. The molecule has 3 heteroatoms. The predicted molar refractivity (Wildman–Crippen MR) is 118 cm³/mol. The first-order valence-corrected chi connectivity index (χ1v) is 10.5. The summed E-state index contributed by atoms with van der Waals surface area (Å²) in [5.74, 6) is 1.45. The maximum absolute atomic E-state index is 6.03. The predicted octanol–water partition coefficient (Wildman–Crippen LogP) is 7.01. The van der Waals surface area contributed by atoms with E-state index in [-0.39, 0.29) is 21.7 Å². The Morgan fingerprint density at radius 1 is 0.714 bits per heavy atom. The molecule has 1 aromatic carbocycles. The van der Waals surface area contributed by atoms with E-state index in [2.05, 4.69) is 105 Å². The molecular weight excluding hydrogens is 344 g/mol. The van der Waals surface area contributed by atoms with Gasteiger partial charge in [0, 0.05) is 10.8 Å². The zero-order valence-electron chi connectivity index (χ0n) is 19.9. The summed E-state index contributed by atoms with van der Waals surface area (Å²) in [6.45, 7) is 24.4. The number of hydrogen-bond acceptors (Lipinski definition) is 3. The fourth-order valence-corrected chi connectivity index (χ4v) is 3.60. The normalized spacial score (nSPS) is 13.8. The average molecular weight is 385 g/mol. The fourth-order valence-electron chi connectivity index (χ4n) is 3.60. The molecule has 0 aliphatic heterocycles. The van der Waals surface area contributed by atoms with Crippen molar-refractivity contribution in [3.05, 3.63) is 46.7 Å². The van der Waals surface area contributed by atoms with Crippen molar-refractivity contribution in [1.82, 2.24) is 10.2 Å². The van der Waals surface area contributed by atoms with Crippen LogP contribution in [0.3, 0.4) is 0 Å².